The van der Waals surface area contributed by atoms with Crippen LogP contribution >= 0.6 is 15.9 Å². The van der Waals surface area contributed by atoms with Crippen molar-refractivity contribution in [3.63, 3.8) is 0 Å². The molecule has 2 aromatic rings. The summed E-state index contributed by atoms with van der Waals surface area (Å²) in [6.45, 7) is 12.2. The van der Waals surface area contributed by atoms with Gasteiger partial charge < -0.3 is 29.9 Å². The Morgan fingerprint density at radius 3 is 1.39 bits per heavy atom. The second-order valence-corrected chi connectivity index (χ2v) is 13.8. The third-order valence-corrected chi connectivity index (χ3v) is 6.69. The van der Waals surface area contributed by atoms with Crippen molar-refractivity contribution in [2.24, 2.45) is 0 Å². The molecule has 0 saturated carbocycles. The lowest BCUT2D eigenvalue weighted by Gasteiger charge is -2.26. The summed E-state index contributed by atoms with van der Waals surface area (Å²) in [4.78, 5) is 27.6. The Hall–Kier alpha value is -3.13. The number of carbonyl (C=O) groups excluding carboxylic acids is 2. The molecule has 0 heterocycles. The van der Waals surface area contributed by atoms with E-state index in [0.29, 0.717) is 18.7 Å². The van der Waals surface area contributed by atoms with Crippen LogP contribution in [0.1, 0.15) is 65.7 Å². The van der Waals surface area contributed by atoms with E-state index in [-0.39, 0.29) is 25.6 Å². The Morgan fingerprint density at radius 1 is 0.750 bits per heavy atom. The predicted octanol–water partition coefficient (Wildman–Crippen LogP) is 6.64. The fourth-order valence-corrected chi connectivity index (χ4v) is 4.05. The van der Waals surface area contributed by atoms with Crippen LogP contribution in [0.2, 0.25) is 0 Å². The van der Waals surface area contributed by atoms with Gasteiger partial charge in [0.25, 0.3) is 0 Å². The standard InChI is InChI=1S/C17H25N3O2.C16H25BrN2O2.CH4/c1-17(2,3)22-16(21)19-12-15(20(4)5)10-13-6-8-14(11-18)9-7-13;1-16(2,3)21-15(20)18-11-14(19(4)5)10-12-6-8-13(17)9-7-12;/h6-9,15H,10,12H2,1-5H3,(H,19,21);6-9,14H,10-11H2,1-5H3,(H,18,20);1H4/t15-;14-;/m00./s1. The van der Waals surface area contributed by atoms with Gasteiger partial charge in [-0.1, -0.05) is 47.6 Å². The third kappa shape index (κ3) is 18.5. The smallest absolute Gasteiger partial charge is 0.407 e. The van der Waals surface area contributed by atoms with Crippen molar-refractivity contribution in [3.8, 4) is 6.07 Å². The molecule has 0 aromatic heterocycles. The minimum Gasteiger partial charge on any atom is -0.444 e. The van der Waals surface area contributed by atoms with Crippen LogP contribution < -0.4 is 10.6 Å². The summed E-state index contributed by atoms with van der Waals surface area (Å²) in [5, 5.41) is 14.5. The molecule has 2 aromatic carbocycles. The number of nitrogens with one attached hydrogen (secondary N) is 2. The summed E-state index contributed by atoms with van der Waals surface area (Å²) in [6, 6.07) is 18.2. The Labute approximate surface area is 274 Å². The van der Waals surface area contributed by atoms with Gasteiger partial charge in [-0.05, 0) is 118 Å². The van der Waals surface area contributed by atoms with Gasteiger partial charge in [0.2, 0.25) is 0 Å². The first-order valence-corrected chi connectivity index (χ1v) is 15.2. The Balaban J connectivity index is 0.000000823. The van der Waals surface area contributed by atoms with E-state index in [4.69, 9.17) is 14.7 Å². The molecule has 2 rings (SSSR count). The first-order chi connectivity index (χ1) is 19.9. The minimum atomic E-state index is -0.495. The second kappa shape index (κ2) is 19.3. The molecule has 0 fully saturated rings. The van der Waals surface area contributed by atoms with Crippen molar-refractivity contribution in [2.45, 2.75) is 85.1 Å². The van der Waals surface area contributed by atoms with Crippen LogP contribution in [0.4, 0.5) is 9.59 Å². The summed E-state index contributed by atoms with van der Waals surface area (Å²) in [7, 11) is 7.98. The molecule has 2 atom stereocenters. The number of carbonyl (C=O) groups is 2. The molecule has 0 aliphatic carbocycles. The van der Waals surface area contributed by atoms with Gasteiger partial charge in [0.1, 0.15) is 11.2 Å². The van der Waals surface area contributed by atoms with Gasteiger partial charge in [0.15, 0.2) is 0 Å². The number of alkyl carbamates (subject to hydrolysis) is 2. The maximum atomic E-state index is 11.7. The van der Waals surface area contributed by atoms with E-state index in [0.717, 1.165) is 22.9 Å². The number of benzene rings is 2. The van der Waals surface area contributed by atoms with Gasteiger partial charge >= 0.3 is 12.2 Å². The molecule has 10 heteroatoms. The van der Waals surface area contributed by atoms with E-state index in [2.05, 4.69) is 54.6 Å². The van der Waals surface area contributed by atoms with Gasteiger partial charge in [0.05, 0.1) is 11.6 Å². The van der Waals surface area contributed by atoms with E-state index in [1.54, 1.807) is 0 Å². The molecule has 0 aliphatic heterocycles. The summed E-state index contributed by atoms with van der Waals surface area (Å²) >= 11 is 3.43. The Bertz CT molecular complexity index is 1160. The van der Waals surface area contributed by atoms with Gasteiger partial charge in [-0.15, -0.1) is 0 Å². The maximum Gasteiger partial charge on any atom is 0.407 e. The number of halogens is 1. The lowest BCUT2D eigenvalue weighted by molar-refractivity contribution is 0.0502. The van der Waals surface area contributed by atoms with Crippen LogP contribution in [-0.2, 0) is 22.3 Å². The number of hydrogen-bond acceptors (Lipinski definition) is 7. The number of amides is 2. The lowest BCUT2D eigenvalue weighted by Crippen LogP contribution is -2.43. The van der Waals surface area contributed by atoms with Crippen LogP contribution in [-0.4, -0.2) is 86.6 Å². The van der Waals surface area contributed by atoms with Crippen LogP contribution in [0.5, 0.6) is 0 Å². The van der Waals surface area contributed by atoms with Gasteiger partial charge in [-0.2, -0.15) is 5.26 Å². The molecular weight excluding hydrogens is 622 g/mol. The van der Waals surface area contributed by atoms with E-state index in [1.807, 2.05) is 106 Å². The lowest BCUT2D eigenvalue weighted by atomic mass is 10.0. The minimum absolute atomic E-state index is 0. The van der Waals surface area contributed by atoms with Crippen molar-refractivity contribution >= 4 is 28.1 Å². The number of hydrogen-bond donors (Lipinski definition) is 2. The van der Waals surface area contributed by atoms with Crippen molar-refractivity contribution < 1.29 is 19.1 Å². The van der Waals surface area contributed by atoms with E-state index in [9.17, 15) is 9.59 Å². The third-order valence-electron chi connectivity index (χ3n) is 6.16. The molecule has 0 unspecified atom stereocenters. The maximum absolute atomic E-state index is 11.7. The Kier molecular flexibility index (Phi) is 17.9. The molecule has 246 valence electrons. The highest BCUT2D eigenvalue weighted by atomic mass is 79.9. The average Bonchev–Trinajstić information content (AvgIpc) is 2.88. The van der Waals surface area contributed by atoms with Gasteiger partial charge in [-0.3, -0.25) is 0 Å². The first-order valence-electron chi connectivity index (χ1n) is 14.4. The van der Waals surface area contributed by atoms with Crippen molar-refractivity contribution in [2.75, 3.05) is 41.3 Å². The van der Waals surface area contributed by atoms with Crippen LogP contribution in [0.15, 0.2) is 53.0 Å². The highest BCUT2D eigenvalue weighted by Crippen LogP contribution is 2.14. The zero-order valence-corrected chi connectivity index (χ0v) is 29.0. The monoisotopic (exact) mass is 675 g/mol. The van der Waals surface area contributed by atoms with Gasteiger partial charge in [-0.25, -0.2) is 9.59 Å². The zero-order valence-electron chi connectivity index (χ0n) is 27.5. The van der Waals surface area contributed by atoms with E-state index < -0.39 is 17.3 Å². The summed E-state index contributed by atoms with van der Waals surface area (Å²) in [5.74, 6) is 0. The number of nitrogens with zero attached hydrogens (tertiary/aromatic N) is 3. The quantitative estimate of drug-likeness (QED) is 0.291. The average molecular weight is 677 g/mol. The normalized spacial score (nSPS) is 12.5. The Morgan fingerprint density at radius 2 is 1.09 bits per heavy atom. The summed E-state index contributed by atoms with van der Waals surface area (Å²) in [6.07, 6.45) is 0.884. The summed E-state index contributed by atoms with van der Waals surface area (Å²) < 4.78 is 11.6. The molecule has 0 radical (unpaired) electrons. The molecule has 2 N–H and O–H groups in total. The highest BCUT2D eigenvalue weighted by Gasteiger charge is 2.20. The molecule has 0 bridgehead atoms. The highest BCUT2D eigenvalue weighted by molar-refractivity contribution is 9.10. The largest absolute Gasteiger partial charge is 0.444 e. The summed E-state index contributed by atoms with van der Waals surface area (Å²) in [5.41, 5.74) is 2.05. The van der Waals surface area contributed by atoms with Gasteiger partial charge in [0, 0.05) is 29.6 Å². The van der Waals surface area contributed by atoms with Crippen molar-refractivity contribution in [1.29, 1.82) is 5.26 Å². The van der Waals surface area contributed by atoms with Crippen LogP contribution in [0.25, 0.3) is 0 Å². The number of rotatable bonds is 10. The zero-order chi connectivity index (χ0) is 32.8. The molecule has 0 saturated heterocycles. The van der Waals surface area contributed by atoms with E-state index >= 15 is 0 Å². The number of ether oxygens (including phenoxy) is 2. The first kappa shape index (κ1) is 40.9. The molecule has 0 aliphatic rings. The second-order valence-electron chi connectivity index (χ2n) is 12.8. The van der Waals surface area contributed by atoms with E-state index in [1.165, 1.54) is 5.56 Å². The van der Waals surface area contributed by atoms with Crippen LogP contribution in [0, 0.1) is 11.3 Å². The topological polar surface area (TPSA) is 107 Å². The molecule has 9 nitrogen and oxygen atoms in total. The van der Waals surface area contributed by atoms with Crippen molar-refractivity contribution in [1.82, 2.24) is 20.4 Å². The molecule has 2 amide bonds. The fraction of sp³-hybridized carbons (Fsp3) is 0.559. The fourth-order valence-electron chi connectivity index (χ4n) is 3.79. The predicted molar refractivity (Wildman–Crippen MR) is 183 cm³/mol. The number of likely N-dealkylation sites (N-methyl/N-ethyl adjacent to an activating group) is 2. The van der Waals surface area contributed by atoms with Crippen molar-refractivity contribution in [3.05, 3.63) is 69.7 Å². The molecular formula is C34H54BrN5O4. The molecule has 44 heavy (non-hydrogen) atoms. The number of nitriles is 1. The van der Waals surface area contributed by atoms with Crippen LogP contribution in [0.3, 0.4) is 0 Å². The SMILES string of the molecule is C.CN(C)[C@H](CNC(=O)OC(C)(C)C)Cc1ccc(Br)cc1.CN(C)[C@H](CNC(=O)OC(C)(C)C)Cc1ccc(C#N)cc1. The molecule has 0 spiro atoms.